The van der Waals surface area contributed by atoms with Crippen molar-refractivity contribution in [2.24, 2.45) is 5.92 Å². The average molecular weight is 307 g/mol. The molecule has 0 spiro atoms. The predicted octanol–water partition coefficient (Wildman–Crippen LogP) is 2.88. The van der Waals surface area contributed by atoms with Crippen molar-refractivity contribution in [3.63, 3.8) is 0 Å². The zero-order valence-electron chi connectivity index (χ0n) is 14.0. The van der Waals surface area contributed by atoms with E-state index in [0.29, 0.717) is 23.8 Å². The molecule has 1 amide bonds. The van der Waals surface area contributed by atoms with Gasteiger partial charge in [-0.15, -0.1) is 0 Å². The molecule has 1 unspecified atom stereocenters. The van der Waals surface area contributed by atoms with E-state index in [-0.39, 0.29) is 12.5 Å². The fraction of sp³-hybridized carbons (Fsp3) is 0.529. The minimum Gasteiger partial charge on any atom is -0.481 e. The summed E-state index contributed by atoms with van der Waals surface area (Å²) in [6.07, 6.45) is 1.03. The number of amides is 1. The Balaban J connectivity index is 2.93. The van der Waals surface area contributed by atoms with E-state index in [1.54, 1.807) is 24.1 Å². The molecule has 0 aliphatic rings. The highest BCUT2D eigenvalue weighted by Crippen LogP contribution is 2.25. The first-order valence-corrected chi connectivity index (χ1v) is 7.47. The standard InChI is InChI=1S/C17H25NO4/c1-6-11(2)9-18(5)17(21)14-7-12(3)16(13(4)8-14)22-10-15(19)20/h7-8,11H,6,9-10H2,1-5H3,(H,19,20). The highest BCUT2D eigenvalue weighted by molar-refractivity contribution is 5.94. The van der Waals surface area contributed by atoms with E-state index in [1.165, 1.54) is 0 Å². The SMILES string of the molecule is CCC(C)CN(C)C(=O)c1cc(C)c(OCC(=O)O)c(C)c1. The molecule has 5 nitrogen and oxygen atoms in total. The van der Waals surface area contributed by atoms with Crippen LogP contribution in [0.3, 0.4) is 0 Å². The molecule has 122 valence electrons. The molecule has 0 bridgehead atoms. The van der Waals surface area contributed by atoms with E-state index >= 15 is 0 Å². The third kappa shape index (κ3) is 4.76. The van der Waals surface area contributed by atoms with E-state index in [4.69, 9.17) is 9.84 Å². The van der Waals surface area contributed by atoms with Gasteiger partial charge in [-0.3, -0.25) is 4.79 Å². The maximum Gasteiger partial charge on any atom is 0.341 e. The number of hydrogen-bond donors (Lipinski definition) is 1. The van der Waals surface area contributed by atoms with Gasteiger partial charge >= 0.3 is 5.97 Å². The van der Waals surface area contributed by atoms with Gasteiger partial charge in [0.2, 0.25) is 0 Å². The summed E-state index contributed by atoms with van der Waals surface area (Å²) in [6.45, 7) is 8.17. The second-order valence-corrected chi connectivity index (χ2v) is 5.82. The maximum atomic E-state index is 12.5. The predicted molar refractivity (Wildman–Crippen MR) is 85.5 cm³/mol. The molecule has 0 heterocycles. The average Bonchev–Trinajstić information content (AvgIpc) is 2.44. The van der Waals surface area contributed by atoms with Crippen LogP contribution in [-0.4, -0.2) is 42.1 Å². The van der Waals surface area contributed by atoms with Gasteiger partial charge < -0.3 is 14.7 Å². The molecule has 22 heavy (non-hydrogen) atoms. The van der Waals surface area contributed by atoms with E-state index in [9.17, 15) is 9.59 Å². The third-order valence-electron chi connectivity index (χ3n) is 3.68. The van der Waals surface area contributed by atoms with Crippen LogP contribution in [0.25, 0.3) is 0 Å². The Morgan fingerprint density at radius 1 is 1.27 bits per heavy atom. The Morgan fingerprint density at radius 2 is 1.82 bits per heavy atom. The molecule has 5 heteroatoms. The van der Waals surface area contributed by atoms with Crippen molar-refractivity contribution in [2.45, 2.75) is 34.1 Å². The van der Waals surface area contributed by atoms with E-state index in [0.717, 1.165) is 17.5 Å². The first-order valence-electron chi connectivity index (χ1n) is 7.47. The van der Waals surface area contributed by atoms with Crippen LogP contribution in [0, 0.1) is 19.8 Å². The van der Waals surface area contributed by atoms with Crippen LogP contribution >= 0.6 is 0 Å². The largest absolute Gasteiger partial charge is 0.481 e. The van der Waals surface area contributed by atoms with Gasteiger partial charge in [0.05, 0.1) is 0 Å². The summed E-state index contributed by atoms with van der Waals surface area (Å²) < 4.78 is 5.28. The Labute approximate surface area is 131 Å². The molecule has 0 radical (unpaired) electrons. The summed E-state index contributed by atoms with van der Waals surface area (Å²) in [5.41, 5.74) is 2.13. The fourth-order valence-corrected chi connectivity index (χ4v) is 2.34. The molecular weight excluding hydrogens is 282 g/mol. The topological polar surface area (TPSA) is 66.8 Å². The van der Waals surface area contributed by atoms with Crippen LogP contribution < -0.4 is 4.74 Å². The summed E-state index contributed by atoms with van der Waals surface area (Å²) in [5.74, 6) is -0.0682. The van der Waals surface area contributed by atoms with Crippen molar-refractivity contribution in [2.75, 3.05) is 20.2 Å². The number of rotatable bonds is 7. The quantitative estimate of drug-likeness (QED) is 0.841. The second kappa shape index (κ2) is 7.82. The first-order chi connectivity index (χ1) is 10.3. The zero-order chi connectivity index (χ0) is 16.9. The van der Waals surface area contributed by atoms with Crippen LogP contribution in [-0.2, 0) is 4.79 Å². The summed E-state index contributed by atoms with van der Waals surface area (Å²) in [5, 5.41) is 8.69. The second-order valence-electron chi connectivity index (χ2n) is 5.82. The number of nitrogens with zero attached hydrogens (tertiary/aromatic N) is 1. The van der Waals surface area contributed by atoms with E-state index < -0.39 is 5.97 Å². The van der Waals surface area contributed by atoms with Crippen molar-refractivity contribution < 1.29 is 19.4 Å². The van der Waals surface area contributed by atoms with Gasteiger partial charge in [0.25, 0.3) is 5.91 Å². The van der Waals surface area contributed by atoms with Gasteiger partial charge in [0.15, 0.2) is 6.61 Å². The van der Waals surface area contributed by atoms with Crippen LogP contribution in [0.15, 0.2) is 12.1 Å². The Kier molecular flexibility index (Phi) is 6.40. The van der Waals surface area contributed by atoms with Crippen molar-refractivity contribution in [3.05, 3.63) is 28.8 Å². The summed E-state index contributed by atoms with van der Waals surface area (Å²) >= 11 is 0. The molecule has 1 aromatic carbocycles. The fourth-order valence-electron chi connectivity index (χ4n) is 2.34. The molecular formula is C17H25NO4. The zero-order valence-corrected chi connectivity index (χ0v) is 14.0. The molecule has 0 saturated heterocycles. The lowest BCUT2D eigenvalue weighted by Crippen LogP contribution is -2.31. The maximum absolute atomic E-state index is 12.5. The summed E-state index contributed by atoms with van der Waals surface area (Å²) in [4.78, 5) is 24.8. The van der Waals surface area contributed by atoms with Crippen LogP contribution in [0.2, 0.25) is 0 Å². The van der Waals surface area contributed by atoms with Crippen molar-refractivity contribution in [3.8, 4) is 5.75 Å². The van der Waals surface area contributed by atoms with Crippen molar-refractivity contribution in [1.29, 1.82) is 0 Å². The van der Waals surface area contributed by atoms with Gasteiger partial charge in [-0.2, -0.15) is 0 Å². The summed E-state index contributed by atoms with van der Waals surface area (Å²) in [6, 6.07) is 3.50. The Hall–Kier alpha value is -2.04. The lowest BCUT2D eigenvalue weighted by Gasteiger charge is -2.22. The van der Waals surface area contributed by atoms with Crippen molar-refractivity contribution in [1.82, 2.24) is 4.90 Å². The van der Waals surface area contributed by atoms with E-state index in [1.807, 2.05) is 13.8 Å². The van der Waals surface area contributed by atoms with Gasteiger partial charge in [-0.25, -0.2) is 4.79 Å². The number of carboxylic acid groups (broad SMARTS) is 1. The highest BCUT2D eigenvalue weighted by atomic mass is 16.5. The molecule has 0 saturated carbocycles. The van der Waals surface area contributed by atoms with Crippen LogP contribution in [0.1, 0.15) is 41.8 Å². The van der Waals surface area contributed by atoms with E-state index in [2.05, 4.69) is 13.8 Å². The number of aryl methyl sites for hydroxylation is 2. The number of ether oxygens (including phenoxy) is 1. The smallest absolute Gasteiger partial charge is 0.341 e. The minimum absolute atomic E-state index is 0.0312. The van der Waals surface area contributed by atoms with Crippen LogP contribution in [0.4, 0.5) is 0 Å². The molecule has 1 N–H and O–H groups in total. The van der Waals surface area contributed by atoms with Gasteiger partial charge in [0, 0.05) is 19.2 Å². The van der Waals surface area contributed by atoms with Gasteiger partial charge in [0.1, 0.15) is 5.75 Å². The minimum atomic E-state index is -1.02. The van der Waals surface area contributed by atoms with Gasteiger partial charge in [-0.05, 0) is 43.0 Å². The number of carbonyl (C=O) groups is 2. The molecule has 1 rings (SSSR count). The molecule has 0 aliphatic heterocycles. The Morgan fingerprint density at radius 3 is 2.27 bits per heavy atom. The highest BCUT2D eigenvalue weighted by Gasteiger charge is 2.17. The van der Waals surface area contributed by atoms with Crippen molar-refractivity contribution >= 4 is 11.9 Å². The Bertz CT molecular complexity index is 531. The number of hydrogen-bond acceptors (Lipinski definition) is 3. The normalized spacial score (nSPS) is 11.9. The first kappa shape index (κ1) is 18.0. The monoisotopic (exact) mass is 307 g/mol. The van der Waals surface area contributed by atoms with Gasteiger partial charge in [-0.1, -0.05) is 20.3 Å². The number of aliphatic carboxylic acids is 1. The lowest BCUT2D eigenvalue weighted by molar-refractivity contribution is -0.139. The number of carbonyl (C=O) groups excluding carboxylic acids is 1. The molecule has 1 aromatic rings. The molecule has 0 aromatic heterocycles. The third-order valence-corrected chi connectivity index (χ3v) is 3.68. The number of carboxylic acids is 1. The lowest BCUT2D eigenvalue weighted by atomic mass is 10.0. The molecule has 0 fully saturated rings. The number of benzene rings is 1. The molecule has 1 atom stereocenters. The summed E-state index contributed by atoms with van der Waals surface area (Å²) in [7, 11) is 1.80. The molecule has 0 aliphatic carbocycles. The van der Waals surface area contributed by atoms with Crippen LogP contribution in [0.5, 0.6) is 5.75 Å².